The molecule has 0 aliphatic rings. The average Bonchev–Trinajstić information content (AvgIpc) is 2.40. The lowest BCUT2D eigenvalue weighted by Gasteiger charge is -2.25. The van der Waals surface area contributed by atoms with E-state index < -0.39 is 17.4 Å². The second-order valence-electron chi connectivity index (χ2n) is 4.09. The zero-order chi connectivity index (χ0) is 14.5. The van der Waals surface area contributed by atoms with Crippen LogP contribution < -0.4 is 0 Å². The maximum Gasteiger partial charge on any atom is 0.326 e. The molecule has 1 aromatic carbocycles. The molecule has 98 valence electrons. The van der Waals surface area contributed by atoms with Crippen molar-refractivity contribution in [3.63, 3.8) is 0 Å². The molecule has 1 rings (SSSR count). The van der Waals surface area contributed by atoms with E-state index in [1.807, 2.05) is 6.07 Å². The van der Waals surface area contributed by atoms with E-state index in [0.717, 1.165) is 4.47 Å². The number of carbonyl (C=O) groups is 1. The van der Waals surface area contributed by atoms with E-state index in [9.17, 15) is 4.79 Å². The Bertz CT molecular complexity index is 528. The molecule has 2 atom stereocenters. The Labute approximate surface area is 120 Å². The number of nitriles is 1. The number of benzene rings is 1. The van der Waals surface area contributed by atoms with Gasteiger partial charge in [0.05, 0.1) is 6.61 Å². The Morgan fingerprint density at radius 1 is 1.58 bits per heavy atom. The van der Waals surface area contributed by atoms with E-state index in [4.69, 9.17) is 16.6 Å². The number of rotatable bonds is 4. The van der Waals surface area contributed by atoms with Gasteiger partial charge in [-0.15, -0.1) is 0 Å². The molecule has 0 aromatic heterocycles. The van der Waals surface area contributed by atoms with Crippen molar-refractivity contribution >= 4 is 21.9 Å². The first-order chi connectivity index (χ1) is 9.00. The lowest BCUT2D eigenvalue weighted by molar-refractivity contribution is -0.149. The van der Waals surface area contributed by atoms with E-state index in [-0.39, 0.29) is 6.61 Å². The summed E-state index contributed by atoms with van der Waals surface area (Å²) in [5.74, 6) is -0.556. The maximum atomic E-state index is 12.2. The van der Waals surface area contributed by atoms with Crippen LogP contribution in [0.5, 0.6) is 0 Å². The lowest BCUT2D eigenvalue weighted by atomic mass is 9.76. The molecule has 4 nitrogen and oxygen atoms in total. The van der Waals surface area contributed by atoms with Gasteiger partial charge in [0, 0.05) is 4.47 Å². The average molecular weight is 321 g/mol. The molecule has 0 aliphatic carbocycles. The molecular formula is C14H13BrN2O2. The van der Waals surface area contributed by atoms with Crippen molar-refractivity contribution in [3.05, 3.63) is 45.7 Å². The number of ether oxygens (including phenoxy) is 1. The Morgan fingerprint density at radius 2 is 2.16 bits per heavy atom. The van der Waals surface area contributed by atoms with Gasteiger partial charge in [-0.3, -0.25) is 9.64 Å². The van der Waals surface area contributed by atoms with Crippen molar-refractivity contribution in [2.75, 3.05) is 6.61 Å². The van der Waals surface area contributed by atoms with Crippen molar-refractivity contribution in [2.24, 2.45) is 0 Å². The first-order valence-corrected chi connectivity index (χ1v) is 6.49. The normalized spacial score (nSPS) is 14.6. The van der Waals surface area contributed by atoms with Crippen LogP contribution >= 0.6 is 15.9 Å². The summed E-state index contributed by atoms with van der Waals surface area (Å²) in [4.78, 5) is 15.4. The Balaban J connectivity index is 3.35. The highest BCUT2D eigenvalue weighted by atomic mass is 79.9. The molecule has 0 saturated carbocycles. The Hall–Kier alpha value is -1.85. The predicted molar refractivity (Wildman–Crippen MR) is 74.1 cm³/mol. The quantitative estimate of drug-likeness (QED) is 0.632. The molecule has 0 amide bonds. The highest BCUT2D eigenvalue weighted by Gasteiger charge is 2.49. The van der Waals surface area contributed by atoms with Crippen LogP contribution in [-0.2, 0) is 14.9 Å². The van der Waals surface area contributed by atoms with Gasteiger partial charge in [0.1, 0.15) is 0 Å². The molecule has 0 heterocycles. The van der Waals surface area contributed by atoms with Crippen molar-refractivity contribution in [2.45, 2.75) is 25.3 Å². The van der Waals surface area contributed by atoms with E-state index in [1.165, 1.54) is 0 Å². The van der Waals surface area contributed by atoms with Crippen LogP contribution in [-0.4, -0.2) is 18.6 Å². The fourth-order valence-corrected chi connectivity index (χ4v) is 2.02. The maximum absolute atomic E-state index is 12.2. The summed E-state index contributed by atoms with van der Waals surface area (Å²) < 4.78 is 5.89. The SMILES string of the molecule is [C-]#[N+]C(C#N)C(C)(C(=O)OCC)c1ccc(Br)cc1. The molecule has 0 spiro atoms. The molecule has 0 N–H and O–H groups in total. The van der Waals surface area contributed by atoms with Crippen molar-refractivity contribution < 1.29 is 9.53 Å². The van der Waals surface area contributed by atoms with Gasteiger partial charge in [0.25, 0.3) is 0 Å². The largest absolute Gasteiger partial charge is 0.465 e. The number of nitrogens with zero attached hydrogens (tertiary/aromatic N) is 2. The monoisotopic (exact) mass is 320 g/mol. The number of carbonyl (C=O) groups excluding carboxylic acids is 1. The lowest BCUT2D eigenvalue weighted by Crippen LogP contribution is -2.43. The van der Waals surface area contributed by atoms with E-state index in [0.29, 0.717) is 5.56 Å². The second kappa shape index (κ2) is 6.36. The van der Waals surface area contributed by atoms with E-state index in [1.54, 1.807) is 38.1 Å². The first-order valence-electron chi connectivity index (χ1n) is 5.70. The molecular weight excluding hydrogens is 308 g/mol. The third kappa shape index (κ3) is 2.94. The first kappa shape index (κ1) is 15.2. The molecule has 0 saturated heterocycles. The second-order valence-corrected chi connectivity index (χ2v) is 5.01. The van der Waals surface area contributed by atoms with Crippen molar-refractivity contribution in [1.82, 2.24) is 0 Å². The minimum absolute atomic E-state index is 0.209. The summed E-state index contributed by atoms with van der Waals surface area (Å²) in [6.07, 6.45) is 0. The van der Waals surface area contributed by atoms with Crippen LogP contribution in [0.3, 0.4) is 0 Å². The summed E-state index contributed by atoms with van der Waals surface area (Å²) in [6.45, 7) is 10.6. The van der Waals surface area contributed by atoms with Gasteiger partial charge in [0.15, 0.2) is 11.5 Å². The van der Waals surface area contributed by atoms with Gasteiger partial charge < -0.3 is 4.74 Å². The van der Waals surface area contributed by atoms with Crippen molar-refractivity contribution in [3.8, 4) is 6.07 Å². The van der Waals surface area contributed by atoms with Crippen molar-refractivity contribution in [1.29, 1.82) is 5.26 Å². The van der Waals surface area contributed by atoms with Gasteiger partial charge in [-0.25, -0.2) is 6.57 Å². The van der Waals surface area contributed by atoms with Gasteiger partial charge in [0.2, 0.25) is 0 Å². The summed E-state index contributed by atoms with van der Waals surface area (Å²) >= 11 is 3.31. The molecule has 1 aromatic rings. The minimum atomic E-state index is -1.28. The topological polar surface area (TPSA) is 54.5 Å². The van der Waals surface area contributed by atoms with Gasteiger partial charge >= 0.3 is 12.0 Å². The summed E-state index contributed by atoms with van der Waals surface area (Å²) in [5.41, 5.74) is -0.690. The van der Waals surface area contributed by atoms with Crippen LogP contribution in [0.1, 0.15) is 19.4 Å². The fourth-order valence-electron chi connectivity index (χ4n) is 1.75. The third-order valence-electron chi connectivity index (χ3n) is 2.94. The third-order valence-corrected chi connectivity index (χ3v) is 3.47. The highest BCUT2D eigenvalue weighted by Crippen LogP contribution is 2.32. The smallest absolute Gasteiger partial charge is 0.326 e. The number of hydrogen-bond acceptors (Lipinski definition) is 3. The summed E-state index contributed by atoms with van der Waals surface area (Å²) in [5, 5.41) is 9.11. The Morgan fingerprint density at radius 3 is 2.58 bits per heavy atom. The number of hydrogen-bond donors (Lipinski definition) is 0. The van der Waals surface area contributed by atoms with Crippen LogP contribution in [0.15, 0.2) is 28.7 Å². The molecule has 0 radical (unpaired) electrons. The van der Waals surface area contributed by atoms with Crippen LogP contribution in [0.4, 0.5) is 0 Å². The molecule has 0 fully saturated rings. The van der Waals surface area contributed by atoms with E-state index >= 15 is 0 Å². The zero-order valence-electron chi connectivity index (χ0n) is 10.7. The number of halogens is 1. The Kier molecular flexibility index (Phi) is 5.09. The molecule has 2 unspecified atom stereocenters. The number of esters is 1. The van der Waals surface area contributed by atoms with E-state index in [2.05, 4.69) is 20.8 Å². The van der Waals surface area contributed by atoms with Gasteiger partial charge in [-0.2, -0.15) is 5.26 Å². The molecule has 0 bridgehead atoms. The standard InChI is InChI=1S/C14H13BrN2O2/c1-4-19-13(18)14(2,12(9-16)17-3)10-5-7-11(15)8-6-10/h5-8,12H,4H2,1-2H3. The van der Waals surface area contributed by atoms with Gasteiger partial charge in [-0.05, 0) is 31.5 Å². The molecule has 19 heavy (non-hydrogen) atoms. The molecule has 5 heteroatoms. The fraction of sp³-hybridized carbons (Fsp3) is 0.357. The summed E-state index contributed by atoms with van der Waals surface area (Å²) in [6, 6.07) is 7.74. The van der Waals surface area contributed by atoms with Crippen LogP contribution in [0.25, 0.3) is 4.85 Å². The minimum Gasteiger partial charge on any atom is -0.465 e. The van der Waals surface area contributed by atoms with Crippen LogP contribution in [0.2, 0.25) is 0 Å². The van der Waals surface area contributed by atoms with Gasteiger partial charge in [-0.1, -0.05) is 28.1 Å². The zero-order valence-corrected chi connectivity index (χ0v) is 12.3. The van der Waals surface area contributed by atoms with Crippen LogP contribution in [0, 0.1) is 17.9 Å². The summed E-state index contributed by atoms with van der Waals surface area (Å²) in [7, 11) is 0. The highest BCUT2D eigenvalue weighted by molar-refractivity contribution is 9.10. The molecule has 0 aliphatic heterocycles. The predicted octanol–water partition coefficient (Wildman–Crippen LogP) is 3.08.